The highest BCUT2D eigenvalue weighted by Gasteiger charge is 2.64. The molecule has 1 heterocycles. The summed E-state index contributed by atoms with van der Waals surface area (Å²) in [6.07, 6.45) is -14.6. The van der Waals surface area contributed by atoms with Gasteiger partial charge in [-0.1, -0.05) is 0 Å². The molecule has 0 aliphatic carbocycles. The molecule has 0 unspecified atom stereocenters. The third kappa shape index (κ3) is 3.62. The van der Waals surface area contributed by atoms with Crippen LogP contribution in [0, 0.1) is 0 Å². The van der Waals surface area contributed by atoms with Crippen molar-refractivity contribution in [3.63, 3.8) is 0 Å². The van der Waals surface area contributed by atoms with E-state index >= 15 is 0 Å². The summed E-state index contributed by atoms with van der Waals surface area (Å²) in [7, 11) is 0.848. The Labute approximate surface area is 121 Å². The van der Waals surface area contributed by atoms with E-state index < -0.39 is 48.3 Å². The number of aromatic nitrogens is 2. The highest BCUT2D eigenvalue weighted by molar-refractivity contribution is 5.62. The first-order valence-electron chi connectivity index (χ1n) is 5.26. The zero-order chi connectivity index (χ0) is 18.2. The van der Waals surface area contributed by atoms with Crippen LogP contribution in [-0.2, 0) is 23.6 Å². The van der Waals surface area contributed by atoms with Gasteiger partial charge in [-0.05, 0) is 0 Å². The summed E-state index contributed by atoms with van der Waals surface area (Å²) in [5.41, 5.74) is -5.41. The molecule has 0 radical (unpaired) electrons. The van der Waals surface area contributed by atoms with Gasteiger partial charge in [0.25, 0.3) is 0 Å². The lowest BCUT2D eigenvalue weighted by atomic mass is 10.1. The lowest BCUT2D eigenvalue weighted by Gasteiger charge is -2.21. The van der Waals surface area contributed by atoms with Crippen molar-refractivity contribution in [2.24, 2.45) is 0 Å². The number of hydrogen-bond donors (Lipinski definition) is 1. The number of nitrogens with zero attached hydrogens (tertiary/aromatic N) is 2. The fraction of sp³-hybridized carbons (Fsp3) is 0.556. The van der Waals surface area contributed by atoms with E-state index in [-0.39, 0.29) is 4.68 Å². The van der Waals surface area contributed by atoms with Crippen molar-refractivity contribution in [1.29, 1.82) is 0 Å². The molecule has 132 valence electrons. The monoisotopic (exact) mass is 358 g/mol. The van der Waals surface area contributed by atoms with Crippen molar-refractivity contribution in [2.45, 2.75) is 25.0 Å². The molecule has 0 atom stereocenters. The standard InChI is InChI=1S/C9H6F8N2O4/c1-22-2-19-5(23-6(20)21)3(4(18-19)8(12,13)14)7(10,11)9(15,16)17/h2H2,1H3,(H,20,21). The van der Waals surface area contributed by atoms with E-state index in [0.29, 0.717) is 0 Å². The molecule has 14 heteroatoms. The molecular formula is C9H6F8N2O4. The molecule has 1 aromatic heterocycles. The molecule has 0 fully saturated rings. The molecule has 1 rings (SSSR count). The Morgan fingerprint density at radius 3 is 2.04 bits per heavy atom. The van der Waals surface area contributed by atoms with E-state index in [0.717, 1.165) is 7.11 Å². The largest absolute Gasteiger partial charge is 0.512 e. The Hall–Kier alpha value is -2.12. The van der Waals surface area contributed by atoms with E-state index in [4.69, 9.17) is 5.11 Å². The number of alkyl halides is 8. The van der Waals surface area contributed by atoms with Crippen molar-refractivity contribution in [3.8, 4) is 5.88 Å². The molecule has 0 aliphatic rings. The van der Waals surface area contributed by atoms with Gasteiger partial charge in [-0.2, -0.15) is 40.2 Å². The first-order valence-corrected chi connectivity index (χ1v) is 5.26. The fourth-order valence-electron chi connectivity index (χ4n) is 1.47. The molecule has 1 N–H and O–H groups in total. The molecule has 0 saturated carbocycles. The Morgan fingerprint density at radius 2 is 1.70 bits per heavy atom. The lowest BCUT2D eigenvalue weighted by molar-refractivity contribution is -0.291. The van der Waals surface area contributed by atoms with Crippen molar-refractivity contribution >= 4 is 6.16 Å². The van der Waals surface area contributed by atoms with E-state index in [1.165, 1.54) is 0 Å². The highest BCUT2D eigenvalue weighted by atomic mass is 19.4. The van der Waals surface area contributed by atoms with E-state index in [1.54, 1.807) is 0 Å². The Balaban J connectivity index is 3.77. The number of carboxylic acid groups (broad SMARTS) is 1. The maximum atomic E-state index is 13.4. The zero-order valence-electron chi connectivity index (χ0n) is 10.8. The summed E-state index contributed by atoms with van der Waals surface area (Å²) in [6, 6.07) is 0. The first kappa shape index (κ1) is 18.9. The summed E-state index contributed by atoms with van der Waals surface area (Å²) >= 11 is 0. The zero-order valence-corrected chi connectivity index (χ0v) is 10.8. The Morgan fingerprint density at radius 1 is 1.17 bits per heavy atom. The highest BCUT2D eigenvalue weighted by Crippen LogP contribution is 2.51. The lowest BCUT2D eigenvalue weighted by Crippen LogP contribution is -2.36. The molecule has 6 nitrogen and oxygen atoms in total. The minimum Gasteiger partial charge on any atom is -0.449 e. The van der Waals surface area contributed by atoms with Gasteiger partial charge in [0.2, 0.25) is 5.88 Å². The molecule has 0 amide bonds. The Bertz CT molecular complexity index is 592. The average molecular weight is 358 g/mol. The summed E-state index contributed by atoms with van der Waals surface area (Å²) < 4.78 is 110. The van der Waals surface area contributed by atoms with Crippen molar-refractivity contribution in [3.05, 3.63) is 11.3 Å². The second-order valence-corrected chi connectivity index (χ2v) is 3.88. The first-order chi connectivity index (χ1) is 10.2. The molecule has 0 bridgehead atoms. The summed E-state index contributed by atoms with van der Waals surface area (Å²) in [6.45, 7) is -1.07. The van der Waals surface area contributed by atoms with Gasteiger partial charge in [0.05, 0.1) is 0 Å². The third-order valence-corrected chi connectivity index (χ3v) is 2.28. The van der Waals surface area contributed by atoms with Gasteiger partial charge in [-0.25, -0.2) is 9.48 Å². The number of ether oxygens (including phenoxy) is 2. The number of hydrogen-bond acceptors (Lipinski definition) is 4. The Kier molecular flexibility index (Phi) is 4.79. The quantitative estimate of drug-likeness (QED) is 0.661. The molecule has 0 aliphatic heterocycles. The van der Waals surface area contributed by atoms with Crippen molar-refractivity contribution < 1.29 is 54.5 Å². The normalized spacial score (nSPS) is 13.3. The number of halogens is 8. The second kappa shape index (κ2) is 5.82. The van der Waals surface area contributed by atoms with Crippen LogP contribution >= 0.6 is 0 Å². The van der Waals surface area contributed by atoms with Crippen LogP contribution in [0.1, 0.15) is 11.3 Å². The van der Waals surface area contributed by atoms with Crippen LogP contribution in [0.3, 0.4) is 0 Å². The van der Waals surface area contributed by atoms with Gasteiger partial charge in [0, 0.05) is 7.11 Å². The summed E-state index contributed by atoms with van der Waals surface area (Å²) in [4.78, 5) is 10.4. The maximum absolute atomic E-state index is 13.4. The van der Waals surface area contributed by atoms with Crippen molar-refractivity contribution in [2.75, 3.05) is 7.11 Å². The van der Waals surface area contributed by atoms with Crippen LogP contribution in [-0.4, -0.2) is 34.3 Å². The van der Waals surface area contributed by atoms with E-state index in [1.807, 2.05) is 0 Å². The maximum Gasteiger partial charge on any atom is 0.512 e. The van der Waals surface area contributed by atoms with Crippen LogP contribution < -0.4 is 4.74 Å². The SMILES string of the molecule is COCn1nc(C(F)(F)F)c(C(F)(F)C(F)(F)F)c1OC(=O)O. The molecular weight excluding hydrogens is 352 g/mol. The van der Waals surface area contributed by atoms with Crippen LogP contribution in [0.15, 0.2) is 0 Å². The summed E-state index contributed by atoms with van der Waals surface area (Å²) in [5.74, 6) is -8.02. The molecule has 0 spiro atoms. The van der Waals surface area contributed by atoms with Crippen LogP contribution in [0.25, 0.3) is 0 Å². The van der Waals surface area contributed by atoms with Crippen LogP contribution in [0.2, 0.25) is 0 Å². The van der Waals surface area contributed by atoms with Gasteiger partial charge in [0.15, 0.2) is 5.69 Å². The van der Waals surface area contributed by atoms with Gasteiger partial charge in [0.1, 0.15) is 12.3 Å². The van der Waals surface area contributed by atoms with E-state index in [9.17, 15) is 39.9 Å². The van der Waals surface area contributed by atoms with Crippen LogP contribution in [0.4, 0.5) is 39.9 Å². The van der Waals surface area contributed by atoms with Gasteiger partial charge in [-0.3, -0.25) is 0 Å². The molecule has 0 aromatic carbocycles. The van der Waals surface area contributed by atoms with E-state index in [2.05, 4.69) is 14.6 Å². The minimum atomic E-state index is -6.45. The molecule has 1 aromatic rings. The number of rotatable bonds is 4. The topological polar surface area (TPSA) is 73.6 Å². The van der Waals surface area contributed by atoms with Crippen molar-refractivity contribution in [1.82, 2.24) is 9.78 Å². The minimum absolute atomic E-state index is 0.216. The average Bonchev–Trinajstić information content (AvgIpc) is 2.66. The molecule has 23 heavy (non-hydrogen) atoms. The van der Waals surface area contributed by atoms with Gasteiger partial charge < -0.3 is 14.6 Å². The fourth-order valence-corrected chi connectivity index (χ4v) is 1.47. The van der Waals surface area contributed by atoms with Crippen LogP contribution in [0.5, 0.6) is 5.88 Å². The molecule has 0 saturated heterocycles. The smallest absolute Gasteiger partial charge is 0.449 e. The third-order valence-electron chi connectivity index (χ3n) is 2.28. The van der Waals surface area contributed by atoms with Gasteiger partial charge >= 0.3 is 24.4 Å². The predicted molar refractivity (Wildman–Crippen MR) is 52.8 cm³/mol. The van der Waals surface area contributed by atoms with Gasteiger partial charge in [-0.15, -0.1) is 0 Å². The second-order valence-electron chi connectivity index (χ2n) is 3.88. The predicted octanol–water partition coefficient (Wildman–Crippen LogP) is 3.22. The number of methoxy groups -OCH3 is 1. The summed E-state index contributed by atoms with van der Waals surface area (Å²) in [5, 5.41) is 10.9. The number of carbonyl (C=O) groups is 1.